The van der Waals surface area contributed by atoms with E-state index in [1.807, 2.05) is 6.07 Å². The molecule has 0 bridgehead atoms. The highest BCUT2D eigenvalue weighted by Crippen LogP contribution is 2.31. The molecule has 4 rings (SSSR count). The third-order valence-corrected chi connectivity index (χ3v) is 5.96. The van der Waals surface area contributed by atoms with Crippen molar-refractivity contribution in [2.75, 3.05) is 16.6 Å². The van der Waals surface area contributed by atoms with E-state index in [0.717, 1.165) is 0 Å². The van der Waals surface area contributed by atoms with Crippen LogP contribution >= 0.6 is 0 Å². The van der Waals surface area contributed by atoms with Crippen LogP contribution in [0.3, 0.4) is 0 Å². The molecule has 2 N–H and O–H groups in total. The van der Waals surface area contributed by atoms with E-state index >= 15 is 0 Å². The van der Waals surface area contributed by atoms with E-state index in [4.69, 9.17) is 14.0 Å². The predicted molar refractivity (Wildman–Crippen MR) is 108 cm³/mol. The number of carbonyl (C=O) groups excluding carboxylic acids is 1. The van der Waals surface area contributed by atoms with Crippen LogP contribution in [0, 0.1) is 13.8 Å². The number of sulfonamides is 1. The van der Waals surface area contributed by atoms with Crippen molar-refractivity contribution in [3.8, 4) is 11.5 Å². The average molecular weight is 429 g/mol. The molecule has 0 spiro atoms. The molecule has 1 aromatic heterocycles. The summed E-state index contributed by atoms with van der Waals surface area (Å²) in [7, 11) is -3.86. The number of nitrogens with one attached hydrogen (secondary N) is 2. The fraction of sp³-hybridized carbons (Fsp3) is 0.200. The van der Waals surface area contributed by atoms with Gasteiger partial charge in [0, 0.05) is 11.3 Å². The lowest BCUT2D eigenvalue weighted by Crippen LogP contribution is -2.40. The number of carbonyl (C=O) groups is 1. The van der Waals surface area contributed by atoms with Crippen molar-refractivity contribution in [3.05, 3.63) is 59.8 Å². The summed E-state index contributed by atoms with van der Waals surface area (Å²) in [6.07, 6.45) is -0.817. The smallest absolute Gasteiger partial charge is 0.269 e. The van der Waals surface area contributed by atoms with Gasteiger partial charge < -0.3 is 19.3 Å². The van der Waals surface area contributed by atoms with Crippen LogP contribution in [0.1, 0.15) is 11.3 Å². The van der Waals surface area contributed by atoms with Crippen LogP contribution in [-0.4, -0.2) is 32.2 Å². The topological polar surface area (TPSA) is 120 Å². The molecule has 30 heavy (non-hydrogen) atoms. The normalized spacial score (nSPS) is 15.5. The molecule has 10 heteroatoms. The van der Waals surface area contributed by atoms with Crippen molar-refractivity contribution in [1.29, 1.82) is 0 Å². The highest BCUT2D eigenvalue weighted by atomic mass is 32.2. The number of aromatic nitrogens is 1. The van der Waals surface area contributed by atoms with E-state index in [1.165, 1.54) is 24.3 Å². The third-order valence-electron chi connectivity index (χ3n) is 4.62. The van der Waals surface area contributed by atoms with Crippen molar-refractivity contribution in [3.63, 3.8) is 0 Å². The minimum atomic E-state index is -3.86. The second kappa shape index (κ2) is 7.71. The van der Waals surface area contributed by atoms with E-state index < -0.39 is 22.0 Å². The second-order valence-electron chi connectivity index (χ2n) is 6.71. The zero-order chi connectivity index (χ0) is 21.3. The fourth-order valence-corrected chi connectivity index (χ4v) is 3.83. The zero-order valence-electron chi connectivity index (χ0n) is 16.2. The molecule has 0 saturated carbocycles. The molecule has 0 fully saturated rings. The molecule has 1 aliphatic rings. The molecule has 2 heterocycles. The predicted octanol–water partition coefficient (Wildman–Crippen LogP) is 2.87. The van der Waals surface area contributed by atoms with Crippen molar-refractivity contribution in [2.24, 2.45) is 0 Å². The SMILES string of the molecule is Cc1noc(NS(=O)(=O)c2ccc(NC(=O)C3COc4ccccc4O3)cc2)c1C. The summed E-state index contributed by atoms with van der Waals surface area (Å²) in [6.45, 7) is 3.50. The number of ether oxygens (including phenoxy) is 2. The van der Waals surface area contributed by atoms with Crippen molar-refractivity contribution >= 4 is 27.5 Å². The fourth-order valence-electron chi connectivity index (χ4n) is 2.78. The van der Waals surface area contributed by atoms with Crippen LogP contribution in [0.15, 0.2) is 57.9 Å². The summed E-state index contributed by atoms with van der Waals surface area (Å²) in [6, 6.07) is 12.8. The molecule has 1 aliphatic heterocycles. The maximum atomic E-state index is 12.5. The maximum Gasteiger partial charge on any atom is 0.269 e. The van der Waals surface area contributed by atoms with Crippen LogP contribution in [0.5, 0.6) is 11.5 Å². The van der Waals surface area contributed by atoms with Crippen molar-refractivity contribution in [1.82, 2.24) is 5.16 Å². The third kappa shape index (κ3) is 3.94. The van der Waals surface area contributed by atoms with Gasteiger partial charge in [-0.2, -0.15) is 0 Å². The number of para-hydroxylation sites is 2. The Kier molecular flexibility index (Phi) is 5.08. The van der Waals surface area contributed by atoms with E-state index in [0.29, 0.717) is 28.4 Å². The Bertz CT molecular complexity index is 1190. The molecule has 0 radical (unpaired) electrons. The number of benzene rings is 2. The molecule has 0 saturated heterocycles. The molecular weight excluding hydrogens is 410 g/mol. The lowest BCUT2D eigenvalue weighted by Gasteiger charge is -2.25. The first-order valence-corrected chi connectivity index (χ1v) is 10.6. The molecule has 9 nitrogen and oxygen atoms in total. The van der Waals surface area contributed by atoms with Crippen LogP contribution in [0.4, 0.5) is 11.6 Å². The van der Waals surface area contributed by atoms with Gasteiger partial charge in [0.1, 0.15) is 6.61 Å². The maximum absolute atomic E-state index is 12.5. The number of hydrogen-bond acceptors (Lipinski definition) is 7. The van der Waals surface area contributed by atoms with E-state index in [1.54, 1.807) is 32.0 Å². The minimum Gasteiger partial charge on any atom is -0.485 e. The van der Waals surface area contributed by atoms with Gasteiger partial charge in [0.25, 0.3) is 15.9 Å². The molecule has 0 aliphatic carbocycles. The molecule has 156 valence electrons. The number of nitrogens with zero attached hydrogens (tertiary/aromatic N) is 1. The van der Waals surface area contributed by atoms with Crippen molar-refractivity contribution < 1.29 is 27.2 Å². The number of anilines is 2. The van der Waals surface area contributed by atoms with E-state index in [9.17, 15) is 13.2 Å². The lowest BCUT2D eigenvalue weighted by molar-refractivity contribution is -0.125. The molecule has 2 aromatic carbocycles. The van der Waals surface area contributed by atoms with Crippen LogP contribution in [0.25, 0.3) is 0 Å². The molecular formula is C20H19N3O6S. The number of fused-ring (bicyclic) bond motifs is 1. The van der Waals surface area contributed by atoms with Gasteiger partial charge in [0.2, 0.25) is 12.0 Å². The summed E-state index contributed by atoms with van der Waals surface area (Å²) < 4.78 is 43.6. The summed E-state index contributed by atoms with van der Waals surface area (Å²) in [5.74, 6) is 0.751. The van der Waals surface area contributed by atoms with Gasteiger partial charge >= 0.3 is 0 Å². The van der Waals surface area contributed by atoms with Gasteiger partial charge in [-0.15, -0.1) is 0 Å². The van der Waals surface area contributed by atoms with Crippen LogP contribution in [0.2, 0.25) is 0 Å². The Hall–Kier alpha value is -3.53. The Morgan fingerprint density at radius 1 is 1.07 bits per heavy atom. The van der Waals surface area contributed by atoms with E-state index in [2.05, 4.69) is 15.2 Å². The largest absolute Gasteiger partial charge is 0.485 e. The Labute approximate surface area is 173 Å². The molecule has 1 atom stereocenters. The summed E-state index contributed by atoms with van der Waals surface area (Å²) in [5.41, 5.74) is 1.63. The van der Waals surface area contributed by atoms with Crippen LogP contribution < -0.4 is 19.5 Å². The van der Waals surface area contributed by atoms with Gasteiger partial charge in [-0.25, -0.2) is 13.1 Å². The first-order valence-electron chi connectivity index (χ1n) is 9.08. The summed E-state index contributed by atoms with van der Waals surface area (Å²) in [5, 5.41) is 6.42. The number of rotatable bonds is 5. The molecule has 1 unspecified atom stereocenters. The number of hydrogen-bond donors (Lipinski definition) is 2. The first kappa shape index (κ1) is 19.8. The second-order valence-corrected chi connectivity index (χ2v) is 8.39. The van der Waals surface area contributed by atoms with Crippen molar-refractivity contribution in [2.45, 2.75) is 24.8 Å². The standard InChI is InChI=1S/C20H19N3O6S/c1-12-13(2)22-29-20(12)23-30(25,26)15-9-7-14(8-10-15)21-19(24)18-11-27-16-5-3-4-6-17(16)28-18/h3-10,18,23H,11H2,1-2H3,(H,21,24). The summed E-state index contributed by atoms with van der Waals surface area (Å²) >= 11 is 0. The monoisotopic (exact) mass is 429 g/mol. The number of aryl methyl sites for hydroxylation is 1. The van der Waals surface area contributed by atoms with E-state index in [-0.39, 0.29) is 17.4 Å². The van der Waals surface area contributed by atoms with Gasteiger partial charge in [-0.05, 0) is 50.2 Å². The van der Waals surface area contributed by atoms with Gasteiger partial charge in [0.05, 0.1) is 10.6 Å². The molecule has 3 aromatic rings. The Balaban J connectivity index is 1.42. The first-order chi connectivity index (χ1) is 14.3. The highest BCUT2D eigenvalue weighted by molar-refractivity contribution is 7.92. The average Bonchev–Trinajstić information content (AvgIpc) is 3.05. The van der Waals surface area contributed by atoms with Crippen LogP contribution in [-0.2, 0) is 14.8 Å². The minimum absolute atomic E-state index is 0.0140. The zero-order valence-corrected chi connectivity index (χ0v) is 17.0. The lowest BCUT2D eigenvalue weighted by atomic mass is 10.2. The van der Waals surface area contributed by atoms with Gasteiger partial charge in [-0.1, -0.05) is 17.3 Å². The highest BCUT2D eigenvalue weighted by Gasteiger charge is 2.27. The quantitative estimate of drug-likeness (QED) is 0.640. The Morgan fingerprint density at radius 2 is 1.77 bits per heavy atom. The molecule has 1 amide bonds. The van der Waals surface area contributed by atoms with Gasteiger partial charge in [-0.3, -0.25) is 4.79 Å². The Morgan fingerprint density at radius 3 is 2.43 bits per heavy atom. The number of amides is 1. The van der Waals surface area contributed by atoms with Gasteiger partial charge in [0.15, 0.2) is 11.5 Å². The summed E-state index contributed by atoms with van der Waals surface area (Å²) in [4.78, 5) is 12.5.